The van der Waals surface area contributed by atoms with E-state index in [2.05, 4.69) is 21.3 Å². The number of esters is 2. The molecule has 0 fully saturated rings. The number of carbonyl (C=O) groups is 2. The fourth-order valence-corrected chi connectivity index (χ4v) is 1.17. The predicted molar refractivity (Wildman–Crippen MR) is 60.8 cm³/mol. The molecule has 1 N–H and O–H groups in total. The lowest BCUT2D eigenvalue weighted by molar-refractivity contribution is -0.158. The van der Waals surface area contributed by atoms with Crippen LogP contribution >= 0.6 is 0 Å². The van der Waals surface area contributed by atoms with Gasteiger partial charge in [0.05, 0.1) is 14.2 Å². The molecule has 1 atom stereocenters. The highest BCUT2D eigenvalue weighted by Gasteiger charge is 2.27. The molecule has 17 heavy (non-hydrogen) atoms. The maximum atomic E-state index is 11.3. The number of rotatable bonds is 5. The van der Waals surface area contributed by atoms with Gasteiger partial charge in [-0.3, -0.25) is 9.59 Å². The minimum atomic E-state index is -1.05. The average Bonchev–Trinajstić information content (AvgIpc) is 2.33. The summed E-state index contributed by atoms with van der Waals surface area (Å²) in [4.78, 5) is 22.5. The Kier molecular flexibility index (Phi) is 7.82. The normalized spacial score (nSPS) is 11.4. The summed E-state index contributed by atoms with van der Waals surface area (Å²) in [5.41, 5.74) is 0. The van der Waals surface area contributed by atoms with Crippen LogP contribution in [0.4, 0.5) is 0 Å². The molecule has 0 aromatic heterocycles. The zero-order valence-corrected chi connectivity index (χ0v) is 10.4. The van der Waals surface area contributed by atoms with Gasteiger partial charge in [-0.25, -0.2) is 0 Å². The molecule has 0 rings (SSSR count). The Labute approximate surface area is 101 Å². The summed E-state index contributed by atoms with van der Waals surface area (Å²) in [6, 6.07) is 0. The summed E-state index contributed by atoms with van der Waals surface area (Å²) in [6.45, 7) is 1.93. The molecule has 0 amide bonds. The molecule has 0 radical (unpaired) electrons. The van der Waals surface area contributed by atoms with Crippen molar-refractivity contribution in [2.24, 2.45) is 5.92 Å². The first kappa shape index (κ1) is 15.5. The van der Waals surface area contributed by atoms with E-state index in [1.54, 1.807) is 0 Å². The van der Waals surface area contributed by atoms with Crippen molar-refractivity contribution in [3.05, 3.63) is 0 Å². The lowest BCUT2D eigenvalue weighted by Gasteiger charge is -2.08. The van der Waals surface area contributed by atoms with Crippen molar-refractivity contribution in [1.82, 2.24) is 0 Å². The quantitative estimate of drug-likeness (QED) is 0.432. The van der Waals surface area contributed by atoms with E-state index in [4.69, 9.17) is 0 Å². The van der Waals surface area contributed by atoms with Gasteiger partial charge in [0.25, 0.3) is 0 Å². The van der Waals surface area contributed by atoms with E-state index < -0.39 is 24.0 Å². The number of methoxy groups -OCH3 is 2. The zero-order chi connectivity index (χ0) is 13.3. The lowest BCUT2D eigenvalue weighted by Crippen LogP contribution is -2.26. The number of hydrogen-bond acceptors (Lipinski definition) is 5. The van der Waals surface area contributed by atoms with Crippen molar-refractivity contribution in [2.75, 3.05) is 14.2 Å². The first-order chi connectivity index (χ1) is 8.06. The van der Waals surface area contributed by atoms with Gasteiger partial charge in [-0.2, -0.15) is 0 Å². The van der Waals surface area contributed by atoms with Gasteiger partial charge < -0.3 is 14.6 Å². The van der Waals surface area contributed by atoms with Gasteiger partial charge in [-0.15, -0.1) is 0 Å². The third kappa shape index (κ3) is 5.93. The molecule has 96 valence electrons. The first-order valence-electron chi connectivity index (χ1n) is 5.38. The van der Waals surface area contributed by atoms with Gasteiger partial charge >= 0.3 is 11.9 Å². The highest BCUT2D eigenvalue weighted by atomic mass is 16.5. The fraction of sp³-hybridized carbons (Fsp3) is 0.667. The van der Waals surface area contributed by atoms with Gasteiger partial charge in [0.2, 0.25) is 0 Å². The molecule has 0 saturated carbocycles. The van der Waals surface area contributed by atoms with Crippen LogP contribution < -0.4 is 0 Å². The van der Waals surface area contributed by atoms with Gasteiger partial charge in [-0.1, -0.05) is 25.2 Å². The molecule has 5 heteroatoms. The molecule has 0 aromatic carbocycles. The number of hydrogen-bond donors (Lipinski definition) is 1. The molecule has 0 aliphatic carbocycles. The predicted octanol–water partition coefficient (Wildman–Crippen LogP) is 0.503. The van der Waals surface area contributed by atoms with Crippen LogP contribution in [0.5, 0.6) is 0 Å². The molecule has 0 saturated heterocycles. The van der Waals surface area contributed by atoms with Gasteiger partial charge in [0.1, 0.15) is 6.10 Å². The highest BCUT2D eigenvalue weighted by molar-refractivity contribution is 5.95. The average molecular weight is 242 g/mol. The first-order valence-corrected chi connectivity index (χ1v) is 5.38. The van der Waals surface area contributed by atoms with Crippen molar-refractivity contribution in [2.45, 2.75) is 32.3 Å². The molecular weight excluding hydrogens is 224 g/mol. The maximum Gasteiger partial charge on any atom is 0.321 e. The fourth-order valence-electron chi connectivity index (χ4n) is 1.17. The monoisotopic (exact) mass is 242 g/mol. The summed E-state index contributed by atoms with van der Waals surface area (Å²) in [5.74, 6) is 2.74. The second-order valence-corrected chi connectivity index (χ2v) is 3.43. The van der Waals surface area contributed by atoms with E-state index in [0.29, 0.717) is 6.42 Å². The second kappa shape index (κ2) is 8.59. The second-order valence-electron chi connectivity index (χ2n) is 3.43. The Morgan fingerprint density at radius 1 is 1.24 bits per heavy atom. The standard InChI is InChI=1S/C12H18O5/c1-4-6-9(13)7-5-8-10(11(14)16-2)12(15)17-3/h9-10,13H,4,6,8H2,1-3H3. The third-order valence-electron chi connectivity index (χ3n) is 2.11. The zero-order valence-electron chi connectivity index (χ0n) is 10.4. The summed E-state index contributed by atoms with van der Waals surface area (Å²) < 4.78 is 8.94. The van der Waals surface area contributed by atoms with Crippen molar-refractivity contribution in [3.63, 3.8) is 0 Å². The Hall–Kier alpha value is -1.54. The van der Waals surface area contributed by atoms with E-state index >= 15 is 0 Å². The molecule has 0 aromatic rings. The highest BCUT2D eigenvalue weighted by Crippen LogP contribution is 2.07. The summed E-state index contributed by atoms with van der Waals surface area (Å²) >= 11 is 0. The molecule has 1 unspecified atom stereocenters. The van der Waals surface area contributed by atoms with Crippen LogP contribution in [-0.4, -0.2) is 37.4 Å². The van der Waals surface area contributed by atoms with Gasteiger partial charge in [-0.05, 0) is 6.42 Å². The van der Waals surface area contributed by atoms with Crippen LogP contribution in [0.25, 0.3) is 0 Å². The van der Waals surface area contributed by atoms with E-state index in [1.165, 1.54) is 14.2 Å². The summed E-state index contributed by atoms with van der Waals surface area (Å²) in [6.07, 6.45) is 0.637. The largest absolute Gasteiger partial charge is 0.468 e. The van der Waals surface area contributed by atoms with Crippen LogP contribution in [-0.2, 0) is 19.1 Å². The Bertz CT molecular complexity index is 297. The number of ether oxygens (including phenoxy) is 2. The van der Waals surface area contributed by atoms with Crippen molar-refractivity contribution < 1.29 is 24.2 Å². The summed E-state index contributed by atoms with van der Waals surface area (Å²) in [5, 5.41) is 9.35. The SMILES string of the molecule is CCCC(O)C#CCC(C(=O)OC)C(=O)OC. The van der Waals surface area contributed by atoms with E-state index in [9.17, 15) is 14.7 Å². The molecule has 0 bridgehead atoms. The number of aliphatic hydroxyl groups excluding tert-OH is 1. The topological polar surface area (TPSA) is 72.8 Å². The van der Waals surface area contributed by atoms with Crippen molar-refractivity contribution >= 4 is 11.9 Å². The Morgan fingerprint density at radius 2 is 1.76 bits per heavy atom. The molecule has 0 aliphatic heterocycles. The van der Waals surface area contributed by atoms with Crippen molar-refractivity contribution in [1.29, 1.82) is 0 Å². The number of carbonyl (C=O) groups excluding carboxylic acids is 2. The Morgan fingerprint density at radius 3 is 2.18 bits per heavy atom. The van der Waals surface area contributed by atoms with E-state index in [-0.39, 0.29) is 6.42 Å². The van der Waals surface area contributed by atoms with E-state index in [1.807, 2.05) is 6.92 Å². The van der Waals surface area contributed by atoms with Crippen molar-refractivity contribution in [3.8, 4) is 11.8 Å². The molecular formula is C12H18O5. The van der Waals surface area contributed by atoms with Crippen LogP contribution in [0.2, 0.25) is 0 Å². The maximum absolute atomic E-state index is 11.3. The van der Waals surface area contributed by atoms with Crippen LogP contribution in [0.15, 0.2) is 0 Å². The van der Waals surface area contributed by atoms with Crippen LogP contribution in [0.3, 0.4) is 0 Å². The van der Waals surface area contributed by atoms with Gasteiger partial charge in [0.15, 0.2) is 5.92 Å². The van der Waals surface area contributed by atoms with Crippen LogP contribution in [0, 0.1) is 17.8 Å². The van der Waals surface area contributed by atoms with E-state index in [0.717, 1.165) is 6.42 Å². The van der Waals surface area contributed by atoms with Gasteiger partial charge in [0, 0.05) is 6.42 Å². The minimum Gasteiger partial charge on any atom is -0.468 e. The van der Waals surface area contributed by atoms with Crippen LogP contribution in [0.1, 0.15) is 26.2 Å². The molecule has 0 heterocycles. The molecule has 0 aliphatic rings. The minimum absolute atomic E-state index is 0.0138. The lowest BCUT2D eigenvalue weighted by atomic mass is 10.1. The third-order valence-corrected chi connectivity index (χ3v) is 2.11. The smallest absolute Gasteiger partial charge is 0.321 e. The Balaban J connectivity index is 4.45. The summed E-state index contributed by atoms with van der Waals surface area (Å²) in [7, 11) is 2.38. The number of aliphatic hydroxyl groups is 1. The molecule has 0 spiro atoms. The molecule has 5 nitrogen and oxygen atoms in total.